The summed E-state index contributed by atoms with van der Waals surface area (Å²) >= 11 is 5.72. The molecule has 0 aromatic heterocycles. The minimum Gasteiger partial charge on any atom is -0.171 e. The van der Waals surface area contributed by atoms with Crippen molar-refractivity contribution in [3.8, 4) is 0 Å². The van der Waals surface area contributed by atoms with Crippen molar-refractivity contribution in [2.24, 2.45) is 5.92 Å². The first-order valence-corrected chi connectivity index (χ1v) is 5.16. The van der Waals surface area contributed by atoms with Crippen molar-refractivity contribution in [1.29, 1.82) is 0 Å². The monoisotopic (exact) mass is 214 g/mol. The zero-order valence-corrected chi connectivity index (χ0v) is 8.17. The largest absolute Gasteiger partial charge is 0.393 e. The van der Waals surface area contributed by atoms with Crippen molar-refractivity contribution in [2.75, 3.05) is 0 Å². The van der Waals surface area contributed by atoms with Crippen LogP contribution in [-0.2, 0) is 0 Å². The summed E-state index contributed by atoms with van der Waals surface area (Å²) < 4.78 is 37.3. The van der Waals surface area contributed by atoms with Gasteiger partial charge >= 0.3 is 6.18 Å². The first-order chi connectivity index (χ1) is 6.02. The molecular weight excluding hydrogens is 201 g/mol. The van der Waals surface area contributed by atoms with Crippen molar-refractivity contribution in [3.63, 3.8) is 0 Å². The Hall–Kier alpha value is 0.0800. The molecule has 1 fully saturated rings. The Morgan fingerprint density at radius 2 is 1.46 bits per heavy atom. The molecule has 1 rings (SSSR count). The molecule has 0 aliphatic heterocycles. The quantitative estimate of drug-likeness (QED) is 0.532. The molecule has 0 radical (unpaired) electrons. The van der Waals surface area contributed by atoms with Gasteiger partial charge in [0.1, 0.15) is 0 Å². The molecule has 78 valence electrons. The minimum absolute atomic E-state index is 0.206. The van der Waals surface area contributed by atoms with E-state index in [4.69, 9.17) is 11.6 Å². The zero-order chi connectivity index (χ0) is 9.90. The van der Waals surface area contributed by atoms with E-state index in [1.807, 2.05) is 0 Å². The third kappa shape index (κ3) is 3.37. The van der Waals surface area contributed by atoms with Gasteiger partial charge < -0.3 is 0 Å². The predicted octanol–water partition coefficient (Wildman–Crippen LogP) is 4.13. The van der Waals surface area contributed by atoms with E-state index in [-0.39, 0.29) is 6.42 Å². The Kier molecular flexibility index (Phi) is 3.89. The minimum atomic E-state index is -4.11. The molecule has 1 aliphatic carbocycles. The molecule has 0 nitrogen and oxygen atoms in total. The highest BCUT2D eigenvalue weighted by atomic mass is 35.5. The molecule has 4 heteroatoms. The molecule has 0 amide bonds. The van der Waals surface area contributed by atoms with E-state index in [1.165, 1.54) is 0 Å². The Labute approximate surface area is 81.5 Å². The second-order valence-corrected chi connectivity index (χ2v) is 4.22. The summed E-state index contributed by atoms with van der Waals surface area (Å²) in [6, 6.07) is 0. The van der Waals surface area contributed by atoms with Crippen molar-refractivity contribution >= 4 is 11.6 Å². The van der Waals surface area contributed by atoms with Crippen LogP contribution in [0.2, 0.25) is 0 Å². The van der Waals surface area contributed by atoms with E-state index in [2.05, 4.69) is 0 Å². The average molecular weight is 215 g/mol. The van der Waals surface area contributed by atoms with E-state index in [0.717, 1.165) is 19.3 Å². The molecule has 0 bridgehead atoms. The fourth-order valence-corrected chi connectivity index (χ4v) is 2.23. The number of hydrogen-bond donors (Lipinski definition) is 0. The van der Waals surface area contributed by atoms with Crippen LogP contribution in [0.3, 0.4) is 0 Å². The molecule has 13 heavy (non-hydrogen) atoms. The fourth-order valence-electron chi connectivity index (χ4n) is 1.81. The molecule has 0 spiro atoms. The fraction of sp³-hybridized carbons (Fsp3) is 1.00. The number of hydrogen-bond acceptors (Lipinski definition) is 0. The Morgan fingerprint density at radius 1 is 0.923 bits per heavy atom. The van der Waals surface area contributed by atoms with Crippen LogP contribution in [-0.4, -0.2) is 11.6 Å². The second-order valence-electron chi connectivity index (χ2n) is 3.66. The van der Waals surface area contributed by atoms with Gasteiger partial charge in [-0.15, -0.1) is 11.6 Å². The van der Waals surface area contributed by atoms with Crippen LogP contribution in [0.4, 0.5) is 13.2 Å². The van der Waals surface area contributed by atoms with Crippen LogP contribution in [0.5, 0.6) is 0 Å². The first kappa shape index (κ1) is 11.2. The number of halogens is 4. The molecule has 1 aliphatic rings. The molecule has 2 atom stereocenters. The van der Waals surface area contributed by atoms with Crippen LogP contribution in [0.15, 0.2) is 0 Å². The molecule has 0 unspecified atom stereocenters. The normalized spacial score (nSPS) is 32.3. The van der Waals surface area contributed by atoms with Gasteiger partial charge in [0.25, 0.3) is 0 Å². The molecule has 0 heterocycles. The van der Waals surface area contributed by atoms with E-state index >= 15 is 0 Å². The van der Waals surface area contributed by atoms with Crippen molar-refractivity contribution in [2.45, 2.75) is 50.1 Å². The average Bonchev–Trinajstić information content (AvgIpc) is 1.94. The summed E-state index contributed by atoms with van der Waals surface area (Å²) in [6.45, 7) is 0. The Morgan fingerprint density at radius 3 is 2.00 bits per heavy atom. The van der Waals surface area contributed by atoms with Crippen LogP contribution in [0, 0.1) is 5.92 Å². The van der Waals surface area contributed by atoms with Gasteiger partial charge in [0, 0.05) is 5.38 Å². The van der Waals surface area contributed by atoms with Crippen molar-refractivity contribution in [3.05, 3.63) is 0 Å². The van der Waals surface area contributed by atoms with E-state index in [9.17, 15) is 13.2 Å². The van der Waals surface area contributed by atoms with Gasteiger partial charge in [-0.1, -0.05) is 25.7 Å². The van der Waals surface area contributed by atoms with E-state index in [1.54, 1.807) is 0 Å². The molecular formula is C9H14ClF3. The highest BCUT2D eigenvalue weighted by Crippen LogP contribution is 2.38. The van der Waals surface area contributed by atoms with Crippen molar-refractivity contribution in [1.82, 2.24) is 0 Å². The molecule has 0 aromatic carbocycles. The summed E-state index contributed by atoms with van der Waals surface area (Å²) in [6.07, 6.45) is 0.0330. The van der Waals surface area contributed by atoms with E-state index < -0.39 is 17.5 Å². The first-order valence-electron chi connectivity index (χ1n) is 4.72. The highest BCUT2D eigenvalue weighted by molar-refractivity contribution is 6.20. The van der Waals surface area contributed by atoms with Crippen LogP contribution >= 0.6 is 11.6 Å². The van der Waals surface area contributed by atoms with Gasteiger partial charge in [-0.25, -0.2) is 0 Å². The standard InChI is InChI=1S/C9H14ClF3/c10-8-6-4-2-1-3-5-7(8)9(11,12)13/h7-8H,1-6H2/t7-,8-/m0/s1. The zero-order valence-electron chi connectivity index (χ0n) is 7.41. The summed E-state index contributed by atoms with van der Waals surface area (Å²) in [7, 11) is 0. The van der Waals surface area contributed by atoms with Gasteiger partial charge in [-0.05, 0) is 12.8 Å². The lowest BCUT2D eigenvalue weighted by molar-refractivity contribution is -0.178. The lowest BCUT2D eigenvalue weighted by atomic mass is 9.90. The lowest BCUT2D eigenvalue weighted by Gasteiger charge is -2.26. The molecule has 0 aromatic rings. The second kappa shape index (κ2) is 4.54. The molecule has 1 saturated carbocycles. The molecule has 0 saturated heterocycles. The number of alkyl halides is 4. The maximum Gasteiger partial charge on any atom is 0.393 e. The highest BCUT2D eigenvalue weighted by Gasteiger charge is 2.43. The third-order valence-electron chi connectivity index (χ3n) is 2.60. The van der Waals surface area contributed by atoms with E-state index in [0.29, 0.717) is 12.8 Å². The summed E-state index contributed by atoms with van der Waals surface area (Å²) in [4.78, 5) is 0. The van der Waals surface area contributed by atoms with Crippen molar-refractivity contribution < 1.29 is 13.2 Å². The third-order valence-corrected chi connectivity index (χ3v) is 3.12. The SMILES string of the molecule is FC(F)(F)[C@H]1CCCCCC[C@@H]1Cl. The number of rotatable bonds is 0. The Bertz CT molecular complexity index is 155. The topological polar surface area (TPSA) is 0 Å². The molecule has 0 N–H and O–H groups in total. The van der Waals surface area contributed by atoms with Gasteiger partial charge in [0.15, 0.2) is 0 Å². The van der Waals surface area contributed by atoms with Gasteiger partial charge in [-0.3, -0.25) is 0 Å². The smallest absolute Gasteiger partial charge is 0.171 e. The summed E-state index contributed by atoms with van der Waals surface area (Å²) in [5.41, 5.74) is 0. The summed E-state index contributed by atoms with van der Waals surface area (Å²) in [5.74, 6) is -1.28. The maximum absolute atomic E-state index is 12.4. The lowest BCUT2D eigenvalue weighted by Crippen LogP contribution is -2.31. The van der Waals surface area contributed by atoms with Crippen LogP contribution < -0.4 is 0 Å². The maximum atomic E-state index is 12.4. The predicted molar refractivity (Wildman–Crippen MR) is 46.9 cm³/mol. The Balaban J connectivity index is 2.56. The van der Waals surface area contributed by atoms with Gasteiger partial charge in [0.05, 0.1) is 5.92 Å². The van der Waals surface area contributed by atoms with Crippen LogP contribution in [0.25, 0.3) is 0 Å². The van der Waals surface area contributed by atoms with Crippen LogP contribution in [0.1, 0.15) is 38.5 Å². The summed E-state index contributed by atoms with van der Waals surface area (Å²) in [5, 5.41) is -0.708. The van der Waals surface area contributed by atoms with Gasteiger partial charge in [0.2, 0.25) is 0 Å². The van der Waals surface area contributed by atoms with Gasteiger partial charge in [-0.2, -0.15) is 13.2 Å².